The largest absolute Gasteiger partial charge is 0.366 e. The van der Waals surface area contributed by atoms with E-state index in [2.05, 4.69) is 9.88 Å². The maximum absolute atomic E-state index is 11.5. The maximum atomic E-state index is 11.5. The Bertz CT molecular complexity index is 1180. The molecule has 30 heavy (non-hydrogen) atoms. The lowest BCUT2D eigenvalue weighted by Gasteiger charge is -2.27. The lowest BCUT2D eigenvalue weighted by molar-refractivity contribution is -0.114. The summed E-state index contributed by atoms with van der Waals surface area (Å²) < 4.78 is 1.65. The zero-order chi connectivity index (χ0) is 21.6. The zero-order valence-corrected chi connectivity index (χ0v) is 18.7. The van der Waals surface area contributed by atoms with Gasteiger partial charge in [-0.1, -0.05) is 47.8 Å². The Hall–Kier alpha value is -2.35. The Morgan fingerprint density at radius 1 is 1.20 bits per heavy atom. The van der Waals surface area contributed by atoms with Crippen LogP contribution in [0.2, 0.25) is 15.1 Å². The Balaban J connectivity index is 1.93. The van der Waals surface area contributed by atoms with Crippen LogP contribution in [-0.4, -0.2) is 38.7 Å². The van der Waals surface area contributed by atoms with Crippen LogP contribution in [0, 0.1) is 6.92 Å². The first-order valence-corrected chi connectivity index (χ1v) is 10.6. The molecule has 0 saturated heterocycles. The van der Waals surface area contributed by atoms with Gasteiger partial charge in [0, 0.05) is 23.7 Å². The molecule has 10 heteroatoms. The minimum absolute atomic E-state index is 0.379. The molecule has 0 radical (unpaired) electrons. The Kier molecular flexibility index (Phi) is 5.61. The molecular weight excluding hydrogens is 447 g/mol. The van der Waals surface area contributed by atoms with Gasteiger partial charge in [-0.2, -0.15) is 5.10 Å². The third-order valence-electron chi connectivity index (χ3n) is 5.05. The van der Waals surface area contributed by atoms with Crippen LogP contribution in [0.25, 0.3) is 16.7 Å². The highest BCUT2D eigenvalue weighted by Gasteiger charge is 2.25. The Morgan fingerprint density at radius 2 is 1.90 bits per heavy atom. The normalized spacial score (nSPS) is 14.3. The predicted molar refractivity (Wildman–Crippen MR) is 120 cm³/mol. The maximum Gasteiger partial charge on any atom is 0.244 e. The molecule has 1 aliphatic rings. The monoisotopic (exact) mass is 464 g/mol. The first-order valence-electron chi connectivity index (χ1n) is 9.45. The topological polar surface area (TPSA) is 89.9 Å². The van der Waals surface area contributed by atoms with Gasteiger partial charge in [0.25, 0.3) is 0 Å². The molecule has 0 unspecified atom stereocenters. The molecule has 2 N–H and O–H groups in total. The molecule has 0 bridgehead atoms. The van der Waals surface area contributed by atoms with Crippen LogP contribution < -0.4 is 10.6 Å². The number of benzene rings is 1. The van der Waals surface area contributed by atoms with Gasteiger partial charge >= 0.3 is 0 Å². The highest BCUT2D eigenvalue weighted by molar-refractivity contribution is 6.40. The van der Waals surface area contributed by atoms with E-state index in [1.54, 1.807) is 16.8 Å². The highest BCUT2D eigenvalue weighted by Crippen LogP contribution is 2.36. The molecular formula is C20H19Cl3N6O. The van der Waals surface area contributed by atoms with E-state index in [9.17, 15) is 4.79 Å². The van der Waals surface area contributed by atoms with Gasteiger partial charge in [-0.15, -0.1) is 0 Å². The number of carbonyl (C=O) groups is 1. The second-order valence-corrected chi connectivity index (χ2v) is 8.26. The first kappa shape index (κ1) is 20.9. The smallest absolute Gasteiger partial charge is 0.244 e. The number of nitrogens with zero attached hydrogens (tertiary/aromatic N) is 5. The van der Waals surface area contributed by atoms with E-state index in [1.165, 1.54) is 0 Å². The lowest BCUT2D eigenvalue weighted by Crippen LogP contribution is -2.32. The summed E-state index contributed by atoms with van der Waals surface area (Å²) in [5, 5.41) is 6.79. The molecule has 2 aromatic heterocycles. The standard InChI is InChI=1S/C20H19Cl3N6O/c1-3-15-16-19(28-6-4-11(5-7-28)18(24)30)25-10(2)26-20(16)29(27-15)17-13(22)8-12(21)9-14(17)23/h4,8-9H,3,5-7H2,1-2H3,(H2,24,30). The van der Waals surface area contributed by atoms with Crippen LogP contribution in [0.5, 0.6) is 0 Å². The number of carbonyl (C=O) groups excluding carboxylic acids is 1. The van der Waals surface area contributed by atoms with Crippen molar-refractivity contribution in [1.82, 2.24) is 19.7 Å². The molecule has 156 valence electrons. The van der Waals surface area contributed by atoms with Crippen molar-refractivity contribution in [1.29, 1.82) is 0 Å². The van der Waals surface area contributed by atoms with Gasteiger partial charge in [-0.3, -0.25) is 4.79 Å². The Labute approximate surface area is 188 Å². The number of aryl methyl sites for hydroxylation is 2. The van der Waals surface area contributed by atoms with Crippen LogP contribution >= 0.6 is 34.8 Å². The second kappa shape index (κ2) is 8.06. The number of hydrogen-bond donors (Lipinski definition) is 1. The van der Waals surface area contributed by atoms with Gasteiger partial charge in [0.2, 0.25) is 5.91 Å². The summed E-state index contributed by atoms with van der Waals surface area (Å²) in [5.41, 5.74) is 8.02. The van der Waals surface area contributed by atoms with E-state index in [4.69, 9.17) is 50.6 Å². The molecule has 1 aromatic carbocycles. The molecule has 3 aromatic rings. The molecule has 0 aliphatic carbocycles. The number of primary amides is 1. The minimum atomic E-state index is -0.382. The SMILES string of the molecule is CCc1nn(-c2c(Cl)cc(Cl)cc2Cl)c2nc(C)nc(N3CC=C(C(N)=O)CC3)c12. The number of amides is 1. The third kappa shape index (κ3) is 3.62. The van der Waals surface area contributed by atoms with Crippen molar-refractivity contribution in [2.24, 2.45) is 5.73 Å². The Morgan fingerprint density at radius 3 is 2.47 bits per heavy atom. The molecule has 1 aliphatic heterocycles. The summed E-state index contributed by atoms with van der Waals surface area (Å²) in [6.07, 6.45) is 3.07. The average Bonchev–Trinajstić information content (AvgIpc) is 3.05. The van der Waals surface area contributed by atoms with E-state index in [0.29, 0.717) is 63.7 Å². The summed E-state index contributed by atoms with van der Waals surface area (Å²) in [6, 6.07) is 3.25. The molecule has 0 fully saturated rings. The average molecular weight is 466 g/mol. The number of aromatic nitrogens is 4. The summed E-state index contributed by atoms with van der Waals surface area (Å²) in [4.78, 5) is 22.9. The van der Waals surface area contributed by atoms with Gasteiger partial charge in [0.1, 0.15) is 17.3 Å². The summed E-state index contributed by atoms with van der Waals surface area (Å²) in [7, 11) is 0. The van der Waals surface area contributed by atoms with E-state index in [1.807, 2.05) is 19.9 Å². The van der Waals surface area contributed by atoms with Crippen molar-refractivity contribution >= 4 is 57.6 Å². The van der Waals surface area contributed by atoms with Gasteiger partial charge in [0.15, 0.2) is 5.65 Å². The number of halogens is 3. The molecule has 7 nitrogen and oxygen atoms in total. The van der Waals surface area contributed by atoms with Gasteiger partial charge < -0.3 is 10.6 Å². The van der Waals surface area contributed by atoms with Crippen molar-refractivity contribution in [3.05, 3.63) is 50.4 Å². The first-order chi connectivity index (χ1) is 14.3. The zero-order valence-electron chi connectivity index (χ0n) is 16.4. The molecule has 0 spiro atoms. The quantitative estimate of drug-likeness (QED) is 0.621. The number of hydrogen-bond acceptors (Lipinski definition) is 5. The van der Waals surface area contributed by atoms with E-state index < -0.39 is 0 Å². The minimum Gasteiger partial charge on any atom is -0.366 e. The summed E-state index contributed by atoms with van der Waals surface area (Å²) in [6.45, 7) is 4.99. The fourth-order valence-corrected chi connectivity index (χ4v) is 4.60. The van der Waals surface area contributed by atoms with E-state index >= 15 is 0 Å². The molecule has 0 saturated carbocycles. The predicted octanol–water partition coefficient (Wildman–Crippen LogP) is 4.27. The number of fused-ring (bicyclic) bond motifs is 1. The number of rotatable bonds is 4. The number of nitrogens with two attached hydrogens (primary N) is 1. The fraction of sp³-hybridized carbons (Fsp3) is 0.300. The fourth-order valence-electron chi connectivity index (χ4n) is 3.63. The highest BCUT2D eigenvalue weighted by atomic mass is 35.5. The molecule has 3 heterocycles. The second-order valence-electron chi connectivity index (χ2n) is 7.01. The van der Waals surface area contributed by atoms with Crippen molar-refractivity contribution < 1.29 is 4.79 Å². The van der Waals surface area contributed by atoms with E-state index in [0.717, 1.165) is 16.9 Å². The lowest BCUT2D eigenvalue weighted by atomic mass is 10.1. The van der Waals surface area contributed by atoms with Crippen molar-refractivity contribution in [2.75, 3.05) is 18.0 Å². The van der Waals surface area contributed by atoms with Crippen molar-refractivity contribution in [2.45, 2.75) is 26.7 Å². The molecule has 0 atom stereocenters. The van der Waals surface area contributed by atoms with Gasteiger partial charge in [-0.05, 0) is 31.9 Å². The van der Waals surface area contributed by atoms with Crippen LogP contribution in [0.1, 0.15) is 24.9 Å². The van der Waals surface area contributed by atoms with Crippen molar-refractivity contribution in [3.63, 3.8) is 0 Å². The van der Waals surface area contributed by atoms with Crippen LogP contribution in [0.4, 0.5) is 5.82 Å². The summed E-state index contributed by atoms with van der Waals surface area (Å²) in [5.74, 6) is 0.974. The molecule has 4 rings (SSSR count). The van der Waals surface area contributed by atoms with Gasteiger partial charge in [-0.25, -0.2) is 14.6 Å². The van der Waals surface area contributed by atoms with E-state index in [-0.39, 0.29) is 5.91 Å². The van der Waals surface area contributed by atoms with Crippen molar-refractivity contribution in [3.8, 4) is 5.69 Å². The third-order valence-corrected chi connectivity index (χ3v) is 5.84. The summed E-state index contributed by atoms with van der Waals surface area (Å²) >= 11 is 19.0. The van der Waals surface area contributed by atoms with Crippen LogP contribution in [-0.2, 0) is 11.2 Å². The van der Waals surface area contributed by atoms with Crippen LogP contribution in [0.15, 0.2) is 23.8 Å². The van der Waals surface area contributed by atoms with Gasteiger partial charge in [0.05, 0.1) is 21.1 Å². The van der Waals surface area contributed by atoms with Crippen LogP contribution in [0.3, 0.4) is 0 Å². The molecule has 1 amide bonds. The number of anilines is 1.